The third-order valence-electron chi connectivity index (χ3n) is 4.51. The average Bonchev–Trinajstić information content (AvgIpc) is 2.72. The van der Waals surface area contributed by atoms with Crippen LogP contribution in [0.1, 0.15) is 43.6 Å². The number of nitrogens with zero attached hydrogens (tertiary/aromatic N) is 1. The summed E-state index contributed by atoms with van der Waals surface area (Å²) in [7, 11) is -2.24. The van der Waals surface area contributed by atoms with Crippen molar-refractivity contribution >= 4 is 15.9 Å². The molecule has 0 bridgehead atoms. The van der Waals surface area contributed by atoms with Crippen LogP contribution in [0.5, 0.6) is 11.5 Å². The van der Waals surface area contributed by atoms with Crippen LogP contribution in [0.3, 0.4) is 0 Å². The first-order chi connectivity index (χ1) is 14.2. The first-order valence-electron chi connectivity index (χ1n) is 9.94. The van der Waals surface area contributed by atoms with Gasteiger partial charge in [0.15, 0.2) is 0 Å². The van der Waals surface area contributed by atoms with Crippen molar-refractivity contribution in [1.82, 2.24) is 9.62 Å². The number of sulfonamides is 1. The van der Waals surface area contributed by atoms with Gasteiger partial charge in [0.25, 0.3) is 5.91 Å². The van der Waals surface area contributed by atoms with Crippen LogP contribution in [0.4, 0.5) is 0 Å². The Balaban J connectivity index is 2.20. The van der Waals surface area contributed by atoms with E-state index < -0.39 is 15.9 Å². The van der Waals surface area contributed by atoms with E-state index in [1.165, 1.54) is 29.6 Å². The van der Waals surface area contributed by atoms with Crippen molar-refractivity contribution < 1.29 is 22.7 Å². The van der Waals surface area contributed by atoms with Crippen molar-refractivity contribution in [2.75, 3.05) is 20.2 Å². The number of carbonyl (C=O) groups excluding carboxylic acids is 1. The molecule has 30 heavy (non-hydrogen) atoms. The number of amides is 1. The van der Waals surface area contributed by atoms with Gasteiger partial charge in [-0.1, -0.05) is 26.0 Å². The van der Waals surface area contributed by atoms with Crippen LogP contribution in [0.25, 0.3) is 0 Å². The molecule has 0 atom stereocenters. The predicted octanol–water partition coefficient (Wildman–Crippen LogP) is 3.44. The molecule has 2 aromatic carbocycles. The van der Waals surface area contributed by atoms with E-state index in [0.717, 1.165) is 11.3 Å². The zero-order valence-corrected chi connectivity index (χ0v) is 19.0. The summed E-state index contributed by atoms with van der Waals surface area (Å²) in [4.78, 5) is 12.8. The van der Waals surface area contributed by atoms with Crippen molar-refractivity contribution in [3.05, 3.63) is 53.6 Å². The Hall–Kier alpha value is -2.58. The highest BCUT2D eigenvalue weighted by Gasteiger charge is 2.24. The second-order valence-corrected chi connectivity index (χ2v) is 8.88. The highest BCUT2D eigenvalue weighted by molar-refractivity contribution is 7.89. The van der Waals surface area contributed by atoms with E-state index in [-0.39, 0.29) is 23.1 Å². The lowest BCUT2D eigenvalue weighted by atomic mass is 10.1. The van der Waals surface area contributed by atoms with Crippen LogP contribution in [0.15, 0.2) is 47.4 Å². The lowest BCUT2D eigenvalue weighted by Gasteiger charge is -2.19. The third-order valence-corrected chi connectivity index (χ3v) is 6.55. The first kappa shape index (κ1) is 23.7. The van der Waals surface area contributed by atoms with Gasteiger partial charge in [0.05, 0.1) is 23.7 Å². The highest BCUT2D eigenvalue weighted by atomic mass is 32.2. The largest absolute Gasteiger partial charge is 0.496 e. The van der Waals surface area contributed by atoms with Crippen LogP contribution in [0.2, 0.25) is 0 Å². The molecule has 7 nitrogen and oxygen atoms in total. The number of hydrogen-bond acceptors (Lipinski definition) is 5. The van der Waals surface area contributed by atoms with Gasteiger partial charge in [0.1, 0.15) is 11.5 Å². The van der Waals surface area contributed by atoms with Gasteiger partial charge >= 0.3 is 0 Å². The summed E-state index contributed by atoms with van der Waals surface area (Å²) in [5.41, 5.74) is 1.07. The lowest BCUT2D eigenvalue weighted by Crippen LogP contribution is -2.31. The van der Waals surface area contributed by atoms with Crippen LogP contribution in [-0.4, -0.2) is 44.9 Å². The number of carbonyl (C=O) groups is 1. The minimum absolute atomic E-state index is 0.0623. The van der Waals surface area contributed by atoms with E-state index in [1.807, 2.05) is 38.1 Å². The van der Waals surface area contributed by atoms with Gasteiger partial charge in [0, 0.05) is 19.6 Å². The Morgan fingerprint density at radius 2 is 1.70 bits per heavy atom. The van der Waals surface area contributed by atoms with Crippen molar-refractivity contribution in [1.29, 1.82) is 0 Å². The molecule has 0 heterocycles. The minimum atomic E-state index is -3.68. The molecule has 0 aliphatic rings. The molecule has 0 aliphatic heterocycles. The molecule has 2 aromatic rings. The van der Waals surface area contributed by atoms with E-state index in [2.05, 4.69) is 5.32 Å². The van der Waals surface area contributed by atoms with Gasteiger partial charge in [-0.25, -0.2) is 8.42 Å². The molecular weight excluding hydrogens is 404 g/mol. The molecule has 0 radical (unpaired) electrons. The molecule has 8 heteroatoms. The van der Waals surface area contributed by atoms with Crippen molar-refractivity contribution in [2.45, 2.75) is 45.2 Å². The molecule has 1 amide bonds. The van der Waals surface area contributed by atoms with Crippen LogP contribution < -0.4 is 14.8 Å². The Bertz CT molecular complexity index is 952. The van der Waals surface area contributed by atoms with Crippen LogP contribution >= 0.6 is 0 Å². The van der Waals surface area contributed by atoms with E-state index >= 15 is 0 Å². The summed E-state index contributed by atoms with van der Waals surface area (Å²) in [5.74, 6) is 0.661. The number of rotatable bonds is 10. The number of nitrogens with one attached hydrogen (secondary N) is 1. The van der Waals surface area contributed by atoms with Crippen LogP contribution in [0, 0.1) is 0 Å². The lowest BCUT2D eigenvalue weighted by molar-refractivity contribution is 0.0947. The van der Waals surface area contributed by atoms with Crippen LogP contribution in [-0.2, 0) is 16.6 Å². The van der Waals surface area contributed by atoms with Gasteiger partial charge in [0.2, 0.25) is 10.0 Å². The third kappa shape index (κ3) is 5.73. The van der Waals surface area contributed by atoms with Crippen molar-refractivity contribution in [3.8, 4) is 11.5 Å². The Morgan fingerprint density at radius 3 is 2.23 bits per heavy atom. The summed E-state index contributed by atoms with van der Waals surface area (Å²) in [6, 6.07) is 11.8. The molecule has 0 fully saturated rings. The van der Waals surface area contributed by atoms with Gasteiger partial charge in [-0.15, -0.1) is 0 Å². The van der Waals surface area contributed by atoms with Gasteiger partial charge in [-0.2, -0.15) is 4.31 Å². The van der Waals surface area contributed by atoms with Crippen molar-refractivity contribution in [2.24, 2.45) is 0 Å². The fourth-order valence-corrected chi connectivity index (χ4v) is 4.46. The molecule has 0 aliphatic carbocycles. The highest BCUT2D eigenvalue weighted by Crippen LogP contribution is 2.25. The second kappa shape index (κ2) is 10.4. The second-order valence-electron chi connectivity index (χ2n) is 6.94. The molecule has 0 saturated carbocycles. The average molecular weight is 435 g/mol. The van der Waals surface area contributed by atoms with Gasteiger partial charge < -0.3 is 14.8 Å². The summed E-state index contributed by atoms with van der Waals surface area (Å²) in [6.45, 7) is 8.44. The van der Waals surface area contributed by atoms with E-state index in [4.69, 9.17) is 9.47 Å². The summed E-state index contributed by atoms with van der Waals surface area (Å²) in [6.07, 6.45) is 0.0860. The maximum atomic E-state index is 12.8. The molecule has 0 spiro atoms. The minimum Gasteiger partial charge on any atom is -0.496 e. The SMILES string of the molecule is CCN(CC)S(=O)(=O)c1ccc(OC)c(C(=O)NCc2ccc(OC(C)C)cc2)c1. The predicted molar refractivity (Wildman–Crippen MR) is 116 cm³/mol. The monoisotopic (exact) mass is 434 g/mol. The zero-order valence-electron chi connectivity index (χ0n) is 18.1. The molecule has 164 valence electrons. The smallest absolute Gasteiger partial charge is 0.255 e. The summed E-state index contributed by atoms with van der Waals surface area (Å²) >= 11 is 0. The molecular formula is C22H30N2O5S. The number of benzene rings is 2. The van der Waals surface area contributed by atoms with E-state index in [9.17, 15) is 13.2 Å². The molecule has 0 saturated heterocycles. The molecule has 0 aromatic heterocycles. The normalized spacial score (nSPS) is 11.6. The molecule has 0 unspecified atom stereocenters. The maximum absolute atomic E-state index is 12.8. The summed E-state index contributed by atoms with van der Waals surface area (Å²) < 4.78 is 37.8. The summed E-state index contributed by atoms with van der Waals surface area (Å²) in [5, 5.41) is 2.82. The molecule has 2 rings (SSSR count). The van der Waals surface area contributed by atoms with E-state index in [1.54, 1.807) is 13.8 Å². The Morgan fingerprint density at radius 1 is 1.07 bits per heavy atom. The zero-order chi connectivity index (χ0) is 22.3. The fourth-order valence-electron chi connectivity index (χ4n) is 2.97. The first-order valence-corrected chi connectivity index (χ1v) is 11.4. The number of methoxy groups -OCH3 is 1. The Kier molecular flexibility index (Phi) is 8.25. The molecule has 1 N–H and O–H groups in total. The Labute approximate surface area is 179 Å². The topological polar surface area (TPSA) is 84.9 Å². The quantitative estimate of drug-likeness (QED) is 0.619. The standard InChI is InChI=1S/C22H30N2O5S/c1-6-24(7-2)30(26,27)19-12-13-21(28-5)20(14-19)22(25)23-15-17-8-10-18(11-9-17)29-16(3)4/h8-14,16H,6-7,15H2,1-5H3,(H,23,25). The van der Waals surface area contributed by atoms with Gasteiger partial charge in [-0.05, 0) is 49.7 Å². The number of hydrogen-bond donors (Lipinski definition) is 1. The van der Waals surface area contributed by atoms with E-state index in [0.29, 0.717) is 18.8 Å². The van der Waals surface area contributed by atoms with Crippen molar-refractivity contribution in [3.63, 3.8) is 0 Å². The van der Waals surface area contributed by atoms with Gasteiger partial charge in [-0.3, -0.25) is 4.79 Å². The maximum Gasteiger partial charge on any atom is 0.255 e. The number of ether oxygens (including phenoxy) is 2. The fraction of sp³-hybridized carbons (Fsp3) is 0.409.